The van der Waals surface area contributed by atoms with Crippen molar-refractivity contribution >= 4 is 0 Å². The van der Waals surface area contributed by atoms with E-state index in [2.05, 4.69) is 39.5 Å². The third-order valence-corrected chi connectivity index (χ3v) is 1.78. The number of hydrogen-bond donors (Lipinski definition) is 0. The minimum atomic E-state index is 0.973. The molecule has 0 rings (SSSR count). The molecule has 0 saturated heterocycles. The lowest BCUT2D eigenvalue weighted by atomic mass is 10.1. The quantitative estimate of drug-likeness (QED) is 0.421. The Morgan fingerprint density at radius 3 is 2.42 bits per heavy atom. The summed E-state index contributed by atoms with van der Waals surface area (Å²) in [6.45, 7) is 10.2. The van der Waals surface area contributed by atoms with Crippen LogP contribution >= 0.6 is 0 Å². The molecule has 0 radical (unpaired) electrons. The van der Waals surface area contributed by atoms with Gasteiger partial charge in [-0.2, -0.15) is 0 Å². The van der Waals surface area contributed by atoms with Crippen molar-refractivity contribution in [1.82, 2.24) is 0 Å². The molecule has 0 amide bonds. The maximum atomic E-state index is 3.68. The summed E-state index contributed by atoms with van der Waals surface area (Å²) in [4.78, 5) is 0. The van der Waals surface area contributed by atoms with Crippen molar-refractivity contribution in [2.24, 2.45) is 0 Å². The second kappa shape index (κ2) is 6.90. The lowest BCUT2D eigenvalue weighted by Gasteiger charge is -2.01. The van der Waals surface area contributed by atoms with E-state index in [1.807, 2.05) is 6.08 Å². The normalized spacial score (nSPS) is 10.2. The average molecular weight is 164 g/mol. The summed E-state index contributed by atoms with van der Waals surface area (Å²) in [6, 6.07) is 0. The zero-order chi connectivity index (χ0) is 9.40. The van der Waals surface area contributed by atoms with E-state index in [1.54, 1.807) is 0 Å². The molecule has 0 fully saturated rings. The Morgan fingerprint density at radius 1 is 1.33 bits per heavy atom. The first kappa shape index (κ1) is 11.2. The molecule has 0 spiro atoms. The first-order chi connectivity index (χ1) is 5.72. The summed E-state index contributed by atoms with van der Waals surface area (Å²) in [5, 5.41) is 0. The summed E-state index contributed by atoms with van der Waals surface area (Å²) < 4.78 is 0. The molecular formula is C12H20. The Morgan fingerprint density at radius 2 is 2.00 bits per heavy atom. The van der Waals surface area contributed by atoms with Gasteiger partial charge in [0.15, 0.2) is 0 Å². The van der Waals surface area contributed by atoms with E-state index in [-0.39, 0.29) is 0 Å². The standard InChI is InChI=1S/C12H20/c1-5-7-8-10-12(9-6-2)11(3)4/h5,8,10H,1,6-7,9H2,2-4H3/b10-8-. The van der Waals surface area contributed by atoms with Gasteiger partial charge in [0.1, 0.15) is 0 Å². The van der Waals surface area contributed by atoms with Crippen LogP contribution in [-0.2, 0) is 0 Å². The number of hydrogen-bond acceptors (Lipinski definition) is 0. The molecule has 0 nitrogen and oxygen atoms in total. The Bertz CT molecular complexity index is 178. The van der Waals surface area contributed by atoms with E-state index in [1.165, 1.54) is 24.0 Å². The van der Waals surface area contributed by atoms with Gasteiger partial charge in [0.25, 0.3) is 0 Å². The zero-order valence-electron chi connectivity index (χ0n) is 8.56. The van der Waals surface area contributed by atoms with Crippen molar-refractivity contribution < 1.29 is 0 Å². The molecule has 0 atom stereocenters. The third kappa shape index (κ3) is 4.95. The van der Waals surface area contributed by atoms with Crippen LogP contribution < -0.4 is 0 Å². The fourth-order valence-corrected chi connectivity index (χ4v) is 1.08. The van der Waals surface area contributed by atoms with Gasteiger partial charge in [0.05, 0.1) is 0 Å². The highest BCUT2D eigenvalue weighted by Gasteiger charge is 1.91. The third-order valence-electron chi connectivity index (χ3n) is 1.78. The molecule has 0 aromatic carbocycles. The van der Waals surface area contributed by atoms with Gasteiger partial charge in [0.2, 0.25) is 0 Å². The van der Waals surface area contributed by atoms with Crippen molar-refractivity contribution in [3.8, 4) is 0 Å². The Labute approximate surface area is 76.7 Å². The van der Waals surface area contributed by atoms with Gasteiger partial charge in [-0.1, -0.05) is 37.1 Å². The van der Waals surface area contributed by atoms with Crippen LogP contribution in [0.15, 0.2) is 36.0 Å². The van der Waals surface area contributed by atoms with Gasteiger partial charge in [0, 0.05) is 0 Å². The topological polar surface area (TPSA) is 0 Å². The van der Waals surface area contributed by atoms with Crippen LogP contribution in [0.3, 0.4) is 0 Å². The van der Waals surface area contributed by atoms with Gasteiger partial charge in [-0.25, -0.2) is 0 Å². The molecule has 0 aliphatic heterocycles. The van der Waals surface area contributed by atoms with Crippen molar-refractivity contribution in [2.45, 2.75) is 40.0 Å². The van der Waals surface area contributed by atoms with E-state index in [4.69, 9.17) is 0 Å². The van der Waals surface area contributed by atoms with Gasteiger partial charge in [-0.3, -0.25) is 0 Å². The van der Waals surface area contributed by atoms with Crippen LogP contribution in [0.4, 0.5) is 0 Å². The Hall–Kier alpha value is -0.780. The maximum Gasteiger partial charge on any atom is -0.0169 e. The van der Waals surface area contributed by atoms with Crippen LogP contribution in [0.25, 0.3) is 0 Å². The van der Waals surface area contributed by atoms with Crippen LogP contribution in [0, 0.1) is 0 Å². The average Bonchev–Trinajstić information content (AvgIpc) is 2.03. The van der Waals surface area contributed by atoms with Crippen molar-refractivity contribution in [3.05, 3.63) is 36.0 Å². The Balaban J connectivity index is 4.14. The first-order valence-electron chi connectivity index (χ1n) is 4.66. The monoisotopic (exact) mass is 164 g/mol. The lowest BCUT2D eigenvalue weighted by Crippen LogP contribution is -1.81. The molecule has 0 aromatic rings. The molecule has 0 aliphatic carbocycles. The minimum absolute atomic E-state index is 0.973. The summed E-state index contributed by atoms with van der Waals surface area (Å²) in [7, 11) is 0. The van der Waals surface area contributed by atoms with E-state index in [9.17, 15) is 0 Å². The molecule has 68 valence electrons. The van der Waals surface area contributed by atoms with E-state index in [0.29, 0.717) is 0 Å². The first-order valence-corrected chi connectivity index (χ1v) is 4.66. The second-order valence-corrected chi connectivity index (χ2v) is 3.20. The summed E-state index contributed by atoms with van der Waals surface area (Å²) in [6.07, 6.45) is 9.70. The van der Waals surface area contributed by atoms with Gasteiger partial charge < -0.3 is 0 Å². The second-order valence-electron chi connectivity index (χ2n) is 3.20. The molecule has 0 heteroatoms. The van der Waals surface area contributed by atoms with Crippen LogP contribution in [0.1, 0.15) is 40.0 Å². The molecule has 12 heavy (non-hydrogen) atoms. The molecule has 0 aliphatic rings. The summed E-state index contributed by atoms with van der Waals surface area (Å²) in [5.74, 6) is 0. The predicted molar refractivity (Wildman–Crippen MR) is 57.2 cm³/mol. The highest BCUT2D eigenvalue weighted by atomic mass is 14.0. The van der Waals surface area contributed by atoms with E-state index < -0.39 is 0 Å². The van der Waals surface area contributed by atoms with Crippen molar-refractivity contribution in [1.29, 1.82) is 0 Å². The van der Waals surface area contributed by atoms with Gasteiger partial charge in [-0.15, -0.1) is 6.58 Å². The molecule has 0 aromatic heterocycles. The largest absolute Gasteiger partial charge is 0.103 e. The predicted octanol–water partition coefficient (Wildman–Crippen LogP) is 4.26. The fraction of sp³-hybridized carbons (Fsp3) is 0.500. The zero-order valence-corrected chi connectivity index (χ0v) is 8.56. The number of rotatable bonds is 5. The Kier molecular flexibility index (Phi) is 6.45. The van der Waals surface area contributed by atoms with Crippen LogP contribution in [-0.4, -0.2) is 0 Å². The van der Waals surface area contributed by atoms with Gasteiger partial charge >= 0.3 is 0 Å². The fourth-order valence-electron chi connectivity index (χ4n) is 1.08. The SMILES string of the molecule is C=CC/C=C\C(CCC)=C(C)C. The van der Waals surface area contributed by atoms with Gasteiger partial charge in [-0.05, 0) is 32.3 Å². The van der Waals surface area contributed by atoms with Crippen molar-refractivity contribution in [2.75, 3.05) is 0 Å². The summed E-state index contributed by atoms with van der Waals surface area (Å²) >= 11 is 0. The smallest absolute Gasteiger partial charge is 0.0169 e. The lowest BCUT2D eigenvalue weighted by molar-refractivity contribution is 0.911. The highest BCUT2D eigenvalue weighted by Crippen LogP contribution is 2.12. The molecule has 0 saturated carbocycles. The van der Waals surface area contributed by atoms with E-state index in [0.717, 1.165) is 6.42 Å². The maximum absolute atomic E-state index is 3.68. The van der Waals surface area contributed by atoms with Crippen LogP contribution in [0.2, 0.25) is 0 Å². The highest BCUT2D eigenvalue weighted by molar-refractivity contribution is 5.23. The molecular weight excluding hydrogens is 144 g/mol. The minimum Gasteiger partial charge on any atom is -0.103 e. The molecule has 0 unspecified atom stereocenters. The number of allylic oxidation sites excluding steroid dienone is 5. The van der Waals surface area contributed by atoms with E-state index >= 15 is 0 Å². The molecule has 0 bridgehead atoms. The molecule has 0 N–H and O–H groups in total. The van der Waals surface area contributed by atoms with Crippen LogP contribution in [0.5, 0.6) is 0 Å². The van der Waals surface area contributed by atoms with Crippen molar-refractivity contribution in [3.63, 3.8) is 0 Å². The summed E-state index contributed by atoms with van der Waals surface area (Å²) in [5.41, 5.74) is 2.90. The molecule has 0 heterocycles.